The van der Waals surface area contributed by atoms with E-state index in [9.17, 15) is 4.79 Å². The van der Waals surface area contributed by atoms with Crippen LogP contribution in [0.25, 0.3) is 0 Å². The van der Waals surface area contributed by atoms with E-state index in [1.54, 1.807) is 0 Å². The number of carboxylic acids is 1. The third-order valence-corrected chi connectivity index (χ3v) is 3.00. The highest BCUT2D eigenvalue weighted by Crippen LogP contribution is 2.21. The summed E-state index contributed by atoms with van der Waals surface area (Å²) >= 11 is 0. The zero-order chi connectivity index (χ0) is 12.9. The van der Waals surface area contributed by atoms with Gasteiger partial charge in [-0.3, -0.25) is 9.69 Å². The Kier molecular flexibility index (Phi) is 5.40. The van der Waals surface area contributed by atoms with Gasteiger partial charge in [-0.2, -0.15) is 0 Å². The van der Waals surface area contributed by atoms with Crippen molar-refractivity contribution in [2.45, 2.75) is 58.2 Å². The monoisotopic (exact) mass is 243 g/mol. The van der Waals surface area contributed by atoms with Crippen LogP contribution in [0.3, 0.4) is 0 Å². The molecule has 1 aliphatic heterocycles. The van der Waals surface area contributed by atoms with Gasteiger partial charge in [-0.1, -0.05) is 6.42 Å². The summed E-state index contributed by atoms with van der Waals surface area (Å²) in [6.07, 6.45) is 3.45. The fraction of sp³-hybridized carbons (Fsp3) is 0.923. The van der Waals surface area contributed by atoms with E-state index in [0.717, 1.165) is 38.9 Å². The van der Waals surface area contributed by atoms with Crippen LogP contribution < -0.4 is 0 Å². The Bertz CT molecular complexity index is 253. The van der Waals surface area contributed by atoms with Gasteiger partial charge in [-0.25, -0.2) is 0 Å². The second-order valence-electron chi connectivity index (χ2n) is 5.63. The molecule has 0 radical (unpaired) electrons. The molecule has 0 spiro atoms. The smallest absolute Gasteiger partial charge is 0.303 e. The van der Waals surface area contributed by atoms with E-state index >= 15 is 0 Å². The van der Waals surface area contributed by atoms with Crippen molar-refractivity contribution in [3.05, 3.63) is 0 Å². The summed E-state index contributed by atoms with van der Waals surface area (Å²) < 4.78 is 5.84. The van der Waals surface area contributed by atoms with Gasteiger partial charge in [-0.05, 0) is 40.2 Å². The molecule has 4 nitrogen and oxygen atoms in total. The third kappa shape index (κ3) is 6.03. The van der Waals surface area contributed by atoms with Crippen molar-refractivity contribution < 1.29 is 14.6 Å². The molecule has 4 heteroatoms. The molecule has 0 amide bonds. The third-order valence-electron chi connectivity index (χ3n) is 3.00. The van der Waals surface area contributed by atoms with Crippen molar-refractivity contribution in [3.8, 4) is 0 Å². The fourth-order valence-corrected chi connectivity index (χ4v) is 2.54. The van der Waals surface area contributed by atoms with Crippen molar-refractivity contribution in [2.75, 3.05) is 19.6 Å². The number of nitrogens with zero attached hydrogens (tertiary/aromatic N) is 1. The highest BCUT2D eigenvalue weighted by Gasteiger charge is 2.30. The molecule has 1 atom stereocenters. The summed E-state index contributed by atoms with van der Waals surface area (Å²) in [5.41, 5.74) is -0.0568. The highest BCUT2D eigenvalue weighted by atomic mass is 16.5. The van der Waals surface area contributed by atoms with Crippen LogP contribution in [-0.4, -0.2) is 47.3 Å². The molecule has 0 saturated carbocycles. The standard InChI is InChI=1S/C13H25NO3/c1-11-9-14(10-13(2,3)17-11)8-6-4-5-7-12(15)16/h11H,4-10H2,1-3H3,(H,15,16). The van der Waals surface area contributed by atoms with Gasteiger partial charge in [0.1, 0.15) is 0 Å². The number of unbranched alkanes of at least 4 members (excludes halogenated alkanes) is 2. The summed E-state index contributed by atoms with van der Waals surface area (Å²) in [6.45, 7) is 9.37. The van der Waals surface area contributed by atoms with Crippen molar-refractivity contribution in [3.63, 3.8) is 0 Å². The Balaban J connectivity index is 2.16. The van der Waals surface area contributed by atoms with E-state index in [2.05, 4.69) is 25.7 Å². The lowest BCUT2D eigenvalue weighted by atomic mass is 10.0. The predicted octanol–water partition coefficient (Wildman–Crippen LogP) is 2.13. The average molecular weight is 243 g/mol. The summed E-state index contributed by atoms with van der Waals surface area (Å²) in [5, 5.41) is 8.54. The molecule has 1 heterocycles. The van der Waals surface area contributed by atoms with Gasteiger partial charge in [0.25, 0.3) is 0 Å². The Morgan fingerprint density at radius 1 is 1.41 bits per heavy atom. The molecule has 1 saturated heterocycles. The SMILES string of the molecule is CC1CN(CCCCCC(=O)O)CC(C)(C)O1. The molecule has 1 N–H and O–H groups in total. The maximum absolute atomic E-state index is 10.4. The van der Waals surface area contributed by atoms with Crippen LogP contribution in [0.15, 0.2) is 0 Å². The lowest BCUT2D eigenvalue weighted by molar-refractivity contribution is -0.137. The predicted molar refractivity (Wildman–Crippen MR) is 67.2 cm³/mol. The normalized spacial score (nSPS) is 24.8. The first-order chi connectivity index (χ1) is 7.89. The summed E-state index contributed by atoms with van der Waals surface area (Å²) in [5.74, 6) is -0.689. The Labute approximate surface area is 104 Å². The van der Waals surface area contributed by atoms with E-state index < -0.39 is 5.97 Å². The quantitative estimate of drug-likeness (QED) is 0.726. The van der Waals surface area contributed by atoms with Gasteiger partial charge < -0.3 is 9.84 Å². The zero-order valence-corrected chi connectivity index (χ0v) is 11.2. The maximum atomic E-state index is 10.4. The molecule has 0 aromatic carbocycles. The number of rotatable bonds is 6. The molecule has 1 fully saturated rings. The van der Waals surface area contributed by atoms with Crippen LogP contribution in [-0.2, 0) is 9.53 Å². The molecule has 0 aromatic heterocycles. The number of carboxylic acid groups (broad SMARTS) is 1. The average Bonchev–Trinajstić information content (AvgIpc) is 2.13. The van der Waals surface area contributed by atoms with E-state index in [4.69, 9.17) is 9.84 Å². The molecule has 17 heavy (non-hydrogen) atoms. The minimum atomic E-state index is -0.689. The van der Waals surface area contributed by atoms with Gasteiger partial charge >= 0.3 is 5.97 Å². The van der Waals surface area contributed by atoms with Crippen LogP contribution in [0, 0.1) is 0 Å². The largest absolute Gasteiger partial charge is 0.481 e. The van der Waals surface area contributed by atoms with Gasteiger partial charge in [-0.15, -0.1) is 0 Å². The molecule has 100 valence electrons. The van der Waals surface area contributed by atoms with Crippen LogP contribution >= 0.6 is 0 Å². The topological polar surface area (TPSA) is 49.8 Å². The zero-order valence-electron chi connectivity index (χ0n) is 11.2. The van der Waals surface area contributed by atoms with Crippen molar-refractivity contribution in [1.29, 1.82) is 0 Å². The minimum Gasteiger partial charge on any atom is -0.481 e. The number of ether oxygens (including phenoxy) is 1. The van der Waals surface area contributed by atoms with Crippen LogP contribution in [0.5, 0.6) is 0 Å². The summed E-state index contributed by atoms with van der Waals surface area (Å²) in [6, 6.07) is 0. The summed E-state index contributed by atoms with van der Waals surface area (Å²) in [7, 11) is 0. The first-order valence-electron chi connectivity index (χ1n) is 6.51. The minimum absolute atomic E-state index is 0.0568. The van der Waals surface area contributed by atoms with Crippen LogP contribution in [0.4, 0.5) is 0 Å². The molecular formula is C13H25NO3. The van der Waals surface area contributed by atoms with Gasteiger partial charge in [0.05, 0.1) is 11.7 Å². The number of carbonyl (C=O) groups is 1. The van der Waals surface area contributed by atoms with E-state index in [1.165, 1.54) is 0 Å². The second kappa shape index (κ2) is 6.36. The van der Waals surface area contributed by atoms with Gasteiger partial charge in [0.2, 0.25) is 0 Å². The van der Waals surface area contributed by atoms with Crippen molar-refractivity contribution >= 4 is 5.97 Å². The van der Waals surface area contributed by atoms with Gasteiger partial charge in [0, 0.05) is 19.5 Å². The Hall–Kier alpha value is -0.610. The Morgan fingerprint density at radius 2 is 2.12 bits per heavy atom. The Morgan fingerprint density at radius 3 is 2.71 bits per heavy atom. The number of aliphatic carboxylic acids is 1. The molecule has 0 aromatic rings. The van der Waals surface area contributed by atoms with Gasteiger partial charge in [0.15, 0.2) is 0 Å². The molecule has 1 rings (SSSR count). The van der Waals surface area contributed by atoms with E-state index in [-0.39, 0.29) is 11.7 Å². The second-order valence-corrected chi connectivity index (χ2v) is 5.63. The van der Waals surface area contributed by atoms with E-state index in [0.29, 0.717) is 6.42 Å². The number of morpholine rings is 1. The van der Waals surface area contributed by atoms with E-state index in [1.807, 2.05) is 0 Å². The van der Waals surface area contributed by atoms with Crippen LogP contribution in [0.2, 0.25) is 0 Å². The molecule has 1 aliphatic rings. The molecule has 1 unspecified atom stereocenters. The summed E-state index contributed by atoms with van der Waals surface area (Å²) in [4.78, 5) is 12.8. The number of hydrogen-bond donors (Lipinski definition) is 1. The number of hydrogen-bond acceptors (Lipinski definition) is 3. The van der Waals surface area contributed by atoms with Crippen molar-refractivity contribution in [1.82, 2.24) is 4.90 Å². The lowest BCUT2D eigenvalue weighted by Crippen LogP contribution is -2.51. The first-order valence-corrected chi connectivity index (χ1v) is 6.51. The first kappa shape index (κ1) is 14.5. The molecular weight excluding hydrogens is 218 g/mol. The van der Waals surface area contributed by atoms with Crippen molar-refractivity contribution in [2.24, 2.45) is 0 Å². The molecule has 0 aliphatic carbocycles. The lowest BCUT2D eigenvalue weighted by Gasteiger charge is -2.41. The fourth-order valence-electron chi connectivity index (χ4n) is 2.54. The van der Waals surface area contributed by atoms with Crippen LogP contribution in [0.1, 0.15) is 46.5 Å². The highest BCUT2D eigenvalue weighted by molar-refractivity contribution is 5.66. The maximum Gasteiger partial charge on any atom is 0.303 e. The molecule has 0 bridgehead atoms.